The number of halogens is 1. The van der Waals surface area contributed by atoms with Gasteiger partial charge in [0.1, 0.15) is 11.6 Å². The van der Waals surface area contributed by atoms with Crippen molar-refractivity contribution in [2.75, 3.05) is 30.0 Å². The second-order valence-electron chi connectivity index (χ2n) is 6.47. The molecule has 0 aliphatic carbocycles. The maximum Gasteiger partial charge on any atom is 0.311 e. The third-order valence-electron chi connectivity index (χ3n) is 4.40. The van der Waals surface area contributed by atoms with E-state index in [1.807, 2.05) is 6.92 Å². The zero-order valence-corrected chi connectivity index (χ0v) is 15.9. The van der Waals surface area contributed by atoms with E-state index >= 15 is 0 Å². The van der Waals surface area contributed by atoms with Crippen LogP contribution < -0.4 is 15.0 Å². The maximum atomic E-state index is 13.1. The molecular weight excluding hydrogens is 379 g/mol. The molecule has 3 rings (SSSR count). The lowest BCUT2D eigenvalue weighted by Crippen LogP contribution is -2.28. The molecule has 1 atom stereocenters. The van der Waals surface area contributed by atoms with Crippen LogP contribution >= 0.6 is 0 Å². The first-order valence-electron chi connectivity index (χ1n) is 9.22. The van der Waals surface area contributed by atoms with Crippen LogP contribution in [0.2, 0.25) is 0 Å². The smallest absolute Gasteiger partial charge is 0.311 e. The summed E-state index contributed by atoms with van der Waals surface area (Å²) in [5.41, 5.74) is 0.992. The van der Waals surface area contributed by atoms with E-state index in [1.165, 1.54) is 29.2 Å². The summed E-state index contributed by atoms with van der Waals surface area (Å²) in [4.78, 5) is 38.0. The molecule has 29 heavy (non-hydrogen) atoms. The number of hydrogen-bond donors (Lipinski definition) is 1. The highest BCUT2D eigenvalue weighted by atomic mass is 19.1. The van der Waals surface area contributed by atoms with Crippen molar-refractivity contribution < 1.29 is 28.2 Å². The molecule has 1 aliphatic heterocycles. The number of anilines is 2. The Morgan fingerprint density at radius 1 is 1.17 bits per heavy atom. The van der Waals surface area contributed by atoms with Crippen molar-refractivity contribution in [2.24, 2.45) is 5.92 Å². The summed E-state index contributed by atoms with van der Waals surface area (Å²) in [5.74, 6) is -1.97. The number of rotatable bonds is 7. The van der Waals surface area contributed by atoms with Gasteiger partial charge >= 0.3 is 5.97 Å². The minimum Gasteiger partial charge on any atom is -0.492 e. The van der Waals surface area contributed by atoms with Crippen LogP contribution in [0.3, 0.4) is 0 Å². The number of esters is 1. The number of carbonyl (C=O) groups excluding carboxylic acids is 3. The molecule has 1 N–H and O–H groups in total. The van der Waals surface area contributed by atoms with Gasteiger partial charge in [0.25, 0.3) is 5.91 Å². The molecule has 0 bridgehead atoms. The molecular formula is C21H21FN2O5. The molecule has 2 aromatic carbocycles. The van der Waals surface area contributed by atoms with E-state index in [1.54, 1.807) is 24.3 Å². The minimum atomic E-state index is -0.684. The van der Waals surface area contributed by atoms with Gasteiger partial charge in [0.05, 0.1) is 18.2 Å². The van der Waals surface area contributed by atoms with Gasteiger partial charge in [-0.25, -0.2) is 4.39 Å². The predicted molar refractivity (Wildman–Crippen MR) is 104 cm³/mol. The van der Waals surface area contributed by atoms with Crippen molar-refractivity contribution in [3.8, 4) is 5.75 Å². The lowest BCUT2D eigenvalue weighted by molar-refractivity contribution is -0.151. The Bertz CT molecular complexity index is 900. The SMILES string of the molecule is CCOc1ccccc1NC(=O)COC(=O)[C@@H]1CC(=O)N(c2ccc(F)cc2)C1. The van der Waals surface area contributed by atoms with Crippen LogP contribution in [0.25, 0.3) is 0 Å². The number of benzene rings is 2. The van der Waals surface area contributed by atoms with Gasteiger partial charge in [-0.15, -0.1) is 0 Å². The Morgan fingerprint density at radius 2 is 1.90 bits per heavy atom. The van der Waals surface area contributed by atoms with Crippen LogP contribution in [0.4, 0.5) is 15.8 Å². The lowest BCUT2D eigenvalue weighted by atomic mass is 10.1. The summed E-state index contributed by atoms with van der Waals surface area (Å²) >= 11 is 0. The second-order valence-corrected chi connectivity index (χ2v) is 6.47. The molecule has 1 saturated heterocycles. The van der Waals surface area contributed by atoms with Gasteiger partial charge in [-0.1, -0.05) is 12.1 Å². The van der Waals surface area contributed by atoms with Crippen LogP contribution in [-0.4, -0.2) is 37.5 Å². The van der Waals surface area contributed by atoms with E-state index in [-0.39, 0.29) is 18.9 Å². The van der Waals surface area contributed by atoms with E-state index in [4.69, 9.17) is 9.47 Å². The quantitative estimate of drug-likeness (QED) is 0.723. The molecule has 0 spiro atoms. The van der Waals surface area contributed by atoms with Crippen molar-refractivity contribution in [2.45, 2.75) is 13.3 Å². The second kappa shape index (κ2) is 9.18. The van der Waals surface area contributed by atoms with Crippen molar-refractivity contribution in [3.63, 3.8) is 0 Å². The largest absolute Gasteiger partial charge is 0.492 e. The van der Waals surface area contributed by atoms with Crippen LogP contribution in [-0.2, 0) is 19.1 Å². The average Bonchev–Trinajstić information content (AvgIpc) is 3.10. The van der Waals surface area contributed by atoms with E-state index < -0.39 is 30.2 Å². The van der Waals surface area contributed by atoms with Gasteiger partial charge in [-0.05, 0) is 43.3 Å². The van der Waals surface area contributed by atoms with E-state index in [0.717, 1.165) is 0 Å². The van der Waals surface area contributed by atoms with Crippen LogP contribution in [0, 0.1) is 11.7 Å². The highest BCUT2D eigenvalue weighted by Crippen LogP contribution is 2.26. The number of nitrogens with zero attached hydrogens (tertiary/aromatic N) is 1. The Kier molecular flexibility index (Phi) is 6.43. The molecule has 0 aromatic heterocycles. The Morgan fingerprint density at radius 3 is 2.62 bits per heavy atom. The van der Waals surface area contributed by atoms with Crippen molar-refractivity contribution in [1.82, 2.24) is 0 Å². The minimum absolute atomic E-state index is 0.0228. The van der Waals surface area contributed by atoms with Crippen molar-refractivity contribution in [1.29, 1.82) is 0 Å². The van der Waals surface area contributed by atoms with Gasteiger partial charge in [0, 0.05) is 18.7 Å². The van der Waals surface area contributed by atoms with Gasteiger partial charge < -0.3 is 19.7 Å². The lowest BCUT2D eigenvalue weighted by Gasteiger charge is -2.16. The molecule has 1 fully saturated rings. The van der Waals surface area contributed by atoms with Crippen molar-refractivity contribution >= 4 is 29.2 Å². The third-order valence-corrected chi connectivity index (χ3v) is 4.40. The molecule has 2 amide bonds. The highest BCUT2D eigenvalue weighted by Gasteiger charge is 2.36. The Labute approximate surface area is 167 Å². The fourth-order valence-corrected chi connectivity index (χ4v) is 3.03. The summed E-state index contributed by atoms with van der Waals surface area (Å²) in [7, 11) is 0. The van der Waals surface area contributed by atoms with Gasteiger partial charge in [-0.2, -0.15) is 0 Å². The normalized spacial score (nSPS) is 15.9. The zero-order valence-electron chi connectivity index (χ0n) is 15.9. The van der Waals surface area contributed by atoms with Crippen molar-refractivity contribution in [3.05, 3.63) is 54.3 Å². The summed E-state index contributed by atoms with van der Waals surface area (Å²) in [6, 6.07) is 12.4. The summed E-state index contributed by atoms with van der Waals surface area (Å²) in [6.07, 6.45) is -0.0228. The fraction of sp³-hybridized carbons (Fsp3) is 0.286. The standard InChI is InChI=1S/C21H21FN2O5/c1-2-28-18-6-4-3-5-17(18)23-19(25)13-29-21(27)14-11-20(26)24(12-14)16-9-7-15(22)8-10-16/h3-10,14H,2,11-13H2,1H3,(H,23,25)/t14-/m1/s1. The van der Waals surface area contributed by atoms with Gasteiger partial charge in [0.2, 0.25) is 5.91 Å². The van der Waals surface area contributed by atoms with Gasteiger partial charge in [-0.3, -0.25) is 14.4 Å². The van der Waals surface area contributed by atoms with E-state index in [9.17, 15) is 18.8 Å². The third kappa shape index (κ3) is 5.10. The molecule has 7 nitrogen and oxygen atoms in total. The molecule has 0 saturated carbocycles. The topological polar surface area (TPSA) is 84.9 Å². The van der Waals surface area contributed by atoms with Crippen LogP contribution in [0.5, 0.6) is 5.75 Å². The predicted octanol–water partition coefficient (Wildman–Crippen LogP) is 2.76. The maximum absolute atomic E-state index is 13.1. The molecule has 0 radical (unpaired) electrons. The van der Waals surface area contributed by atoms with Gasteiger partial charge in [0.15, 0.2) is 6.61 Å². The molecule has 1 aliphatic rings. The molecule has 152 valence electrons. The number of hydrogen-bond acceptors (Lipinski definition) is 5. The summed E-state index contributed by atoms with van der Waals surface area (Å²) in [6.45, 7) is 1.93. The molecule has 8 heteroatoms. The first kappa shape index (κ1) is 20.3. The molecule has 2 aromatic rings. The summed E-state index contributed by atoms with van der Waals surface area (Å²) in [5, 5.41) is 2.64. The zero-order chi connectivity index (χ0) is 20.8. The number of amides is 2. The monoisotopic (exact) mass is 400 g/mol. The average molecular weight is 400 g/mol. The van der Waals surface area contributed by atoms with E-state index in [0.29, 0.717) is 23.7 Å². The molecule has 1 heterocycles. The Balaban J connectivity index is 1.52. The number of ether oxygens (including phenoxy) is 2. The van der Waals surface area contributed by atoms with Crippen LogP contribution in [0.15, 0.2) is 48.5 Å². The first-order valence-corrected chi connectivity index (χ1v) is 9.22. The summed E-state index contributed by atoms with van der Waals surface area (Å²) < 4.78 is 23.6. The first-order chi connectivity index (χ1) is 14.0. The number of carbonyl (C=O) groups is 3. The number of para-hydroxylation sites is 2. The van der Waals surface area contributed by atoms with E-state index in [2.05, 4.69) is 5.32 Å². The van der Waals surface area contributed by atoms with Crippen LogP contribution in [0.1, 0.15) is 13.3 Å². The Hall–Kier alpha value is -3.42. The number of nitrogens with one attached hydrogen (secondary N) is 1. The molecule has 0 unspecified atom stereocenters. The highest BCUT2D eigenvalue weighted by molar-refractivity contribution is 6.00. The fourth-order valence-electron chi connectivity index (χ4n) is 3.03.